The van der Waals surface area contributed by atoms with E-state index in [2.05, 4.69) is 5.32 Å². The van der Waals surface area contributed by atoms with Gasteiger partial charge in [-0.1, -0.05) is 61.4 Å². The molecule has 1 aliphatic carbocycles. The number of hydrogen-bond acceptors (Lipinski definition) is 4. The number of methoxy groups -OCH3 is 1. The maximum Gasteiger partial charge on any atom is 0.246 e. The van der Waals surface area contributed by atoms with Crippen molar-refractivity contribution in [3.05, 3.63) is 66.9 Å². The molecule has 0 unspecified atom stereocenters. The Kier molecular flexibility index (Phi) is 7.52. The molecular weight excluding hydrogens is 416 g/mol. The smallest absolute Gasteiger partial charge is 0.246 e. The van der Waals surface area contributed by atoms with Crippen LogP contribution in [0.3, 0.4) is 0 Å². The van der Waals surface area contributed by atoms with Crippen molar-refractivity contribution in [2.24, 2.45) is 5.92 Å². The third-order valence-electron chi connectivity index (χ3n) is 5.98. The largest absolute Gasteiger partial charge is 0.383 e. The van der Waals surface area contributed by atoms with Crippen LogP contribution in [-0.2, 0) is 14.3 Å². The molecule has 1 heterocycles. The average Bonchev–Trinajstić information content (AvgIpc) is 3.53. The first kappa shape index (κ1) is 22.7. The maximum atomic E-state index is 13.0. The molecule has 0 spiro atoms. The average molecular weight is 447 g/mol. The number of nitrogens with one attached hydrogen (secondary N) is 1. The van der Waals surface area contributed by atoms with Gasteiger partial charge in [0.15, 0.2) is 0 Å². The zero-order valence-electron chi connectivity index (χ0n) is 18.9. The molecule has 0 saturated heterocycles. The molecule has 1 aliphatic rings. The molecule has 7 heteroatoms. The first-order valence-electron chi connectivity index (χ1n) is 11.4. The molecule has 7 nitrogen and oxygen atoms in total. The van der Waals surface area contributed by atoms with Gasteiger partial charge in [-0.3, -0.25) is 19.5 Å². The molecule has 1 saturated carbocycles. The Morgan fingerprint density at radius 1 is 1.06 bits per heavy atom. The fraction of sp³-hybridized carbons (Fsp3) is 0.346. The molecule has 0 atom stereocenters. The number of anilines is 1. The van der Waals surface area contributed by atoms with Gasteiger partial charge in [0.1, 0.15) is 6.54 Å². The minimum atomic E-state index is -0.278. The molecule has 33 heavy (non-hydrogen) atoms. The Morgan fingerprint density at radius 2 is 1.73 bits per heavy atom. The van der Waals surface area contributed by atoms with E-state index in [9.17, 15) is 9.59 Å². The highest BCUT2D eigenvalue weighted by atomic mass is 16.5. The lowest BCUT2D eigenvalue weighted by Gasteiger charge is -2.24. The van der Waals surface area contributed by atoms with Crippen molar-refractivity contribution in [3.63, 3.8) is 0 Å². The lowest BCUT2D eigenvalue weighted by Crippen LogP contribution is -2.42. The van der Waals surface area contributed by atoms with Gasteiger partial charge in [-0.15, -0.1) is 0 Å². The molecule has 4 rings (SSSR count). The monoisotopic (exact) mass is 446 g/mol. The van der Waals surface area contributed by atoms with Crippen LogP contribution < -0.4 is 5.32 Å². The van der Waals surface area contributed by atoms with E-state index < -0.39 is 0 Å². The van der Waals surface area contributed by atoms with Crippen molar-refractivity contribution < 1.29 is 14.3 Å². The summed E-state index contributed by atoms with van der Waals surface area (Å²) in [5.74, 6) is 0.187. The van der Waals surface area contributed by atoms with E-state index in [1.807, 2.05) is 71.4 Å². The maximum absolute atomic E-state index is 13.0. The van der Waals surface area contributed by atoms with Crippen molar-refractivity contribution in [1.82, 2.24) is 14.5 Å². The summed E-state index contributed by atoms with van der Waals surface area (Å²) in [5, 5.41) is 2.93. The van der Waals surface area contributed by atoms with E-state index in [4.69, 9.17) is 9.72 Å². The lowest BCUT2D eigenvalue weighted by molar-refractivity contribution is -0.138. The summed E-state index contributed by atoms with van der Waals surface area (Å²) in [7, 11) is 1.60. The highest BCUT2D eigenvalue weighted by Gasteiger charge is 2.28. The van der Waals surface area contributed by atoms with Gasteiger partial charge in [0.25, 0.3) is 0 Å². The van der Waals surface area contributed by atoms with Crippen LogP contribution in [0, 0.1) is 5.92 Å². The van der Waals surface area contributed by atoms with Crippen LogP contribution >= 0.6 is 0 Å². The molecule has 172 valence electrons. The number of benzene rings is 2. The normalized spacial score (nSPS) is 13.7. The number of hydrogen-bond donors (Lipinski definition) is 1. The number of carbonyl (C=O) groups is 2. The second kappa shape index (κ2) is 10.9. The van der Waals surface area contributed by atoms with E-state index in [1.54, 1.807) is 12.0 Å². The molecule has 3 aromatic rings. The van der Waals surface area contributed by atoms with Crippen molar-refractivity contribution in [3.8, 4) is 16.9 Å². The number of amides is 2. The second-order valence-corrected chi connectivity index (χ2v) is 8.30. The SMILES string of the molecule is COCCN(CC(=O)Nc1nc(-c2ccccc2)cn1-c1ccccc1)C(=O)C1CCCC1. The summed E-state index contributed by atoms with van der Waals surface area (Å²) in [5.41, 5.74) is 2.61. The van der Waals surface area contributed by atoms with Gasteiger partial charge >= 0.3 is 0 Å². The molecule has 0 bridgehead atoms. The Balaban J connectivity index is 1.55. The van der Waals surface area contributed by atoms with Crippen LogP contribution in [0.4, 0.5) is 5.95 Å². The van der Waals surface area contributed by atoms with Gasteiger partial charge in [-0.25, -0.2) is 4.98 Å². The van der Waals surface area contributed by atoms with Crippen molar-refractivity contribution in [1.29, 1.82) is 0 Å². The summed E-state index contributed by atoms with van der Waals surface area (Å²) in [4.78, 5) is 32.3. The first-order valence-corrected chi connectivity index (χ1v) is 11.4. The van der Waals surface area contributed by atoms with Crippen molar-refractivity contribution in [2.45, 2.75) is 25.7 Å². The number of carbonyl (C=O) groups excluding carboxylic acids is 2. The third-order valence-corrected chi connectivity index (χ3v) is 5.98. The van der Waals surface area contributed by atoms with Crippen LogP contribution in [-0.4, -0.2) is 53.1 Å². The van der Waals surface area contributed by atoms with Crippen LogP contribution in [0.15, 0.2) is 66.9 Å². The van der Waals surface area contributed by atoms with Crippen molar-refractivity contribution >= 4 is 17.8 Å². The first-order chi connectivity index (χ1) is 16.2. The van der Waals surface area contributed by atoms with Gasteiger partial charge in [0.05, 0.1) is 12.3 Å². The molecular formula is C26H30N4O3. The molecule has 0 radical (unpaired) electrons. The van der Waals surface area contributed by atoms with E-state index >= 15 is 0 Å². The van der Waals surface area contributed by atoms with Gasteiger partial charge in [0, 0.05) is 37.0 Å². The summed E-state index contributed by atoms with van der Waals surface area (Å²) in [6.45, 7) is 0.755. The summed E-state index contributed by atoms with van der Waals surface area (Å²) >= 11 is 0. The molecule has 1 fully saturated rings. The molecule has 1 aromatic heterocycles. The van der Waals surface area contributed by atoms with Gasteiger partial charge in [-0.2, -0.15) is 0 Å². The summed E-state index contributed by atoms with van der Waals surface area (Å²) in [6.07, 6.45) is 5.83. The van der Waals surface area contributed by atoms with Crippen LogP contribution in [0.2, 0.25) is 0 Å². The number of ether oxygens (including phenoxy) is 1. The van der Waals surface area contributed by atoms with Gasteiger partial charge in [0.2, 0.25) is 17.8 Å². The number of rotatable bonds is 9. The Bertz CT molecular complexity index is 1060. The zero-order chi connectivity index (χ0) is 23.0. The summed E-state index contributed by atoms with van der Waals surface area (Å²) < 4.78 is 7.03. The second-order valence-electron chi connectivity index (χ2n) is 8.30. The number of para-hydroxylation sites is 1. The number of aromatic nitrogens is 2. The molecule has 1 N–H and O–H groups in total. The molecule has 0 aliphatic heterocycles. The minimum absolute atomic E-state index is 0.00523. The Hall–Kier alpha value is -3.45. The summed E-state index contributed by atoms with van der Waals surface area (Å²) in [6, 6.07) is 19.6. The predicted octanol–water partition coefficient (Wildman–Crippen LogP) is 4.14. The van der Waals surface area contributed by atoms with Gasteiger partial charge in [-0.05, 0) is 25.0 Å². The topological polar surface area (TPSA) is 76.5 Å². The van der Waals surface area contributed by atoms with E-state index in [1.165, 1.54) is 0 Å². The fourth-order valence-corrected chi connectivity index (χ4v) is 4.24. The lowest BCUT2D eigenvalue weighted by atomic mass is 10.1. The Labute approximate surface area is 194 Å². The fourth-order valence-electron chi connectivity index (χ4n) is 4.24. The van der Waals surface area contributed by atoms with Crippen molar-refractivity contribution in [2.75, 3.05) is 32.1 Å². The van der Waals surface area contributed by atoms with Crippen LogP contribution in [0.1, 0.15) is 25.7 Å². The van der Waals surface area contributed by atoms with Gasteiger partial charge < -0.3 is 9.64 Å². The van der Waals surface area contributed by atoms with Crippen LogP contribution in [0.25, 0.3) is 16.9 Å². The standard InChI is InChI=1S/C26H30N4O3/c1-33-17-16-29(25(32)21-12-8-9-13-21)19-24(31)28-26-27-23(20-10-4-2-5-11-20)18-30(26)22-14-6-3-7-15-22/h2-7,10-11,14-15,18,21H,8-9,12-13,16-17,19H2,1H3,(H,27,28,31). The number of imidazole rings is 1. The minimum Gasteiger partial charge on any atom is -0.383 e. The molecule has 2 aromatic carbocycles. The predicted molar refractivity (Wildman–Crippen MR) is 128 cm³/mol. The van der Waals surface area contributed by atoms with E-state index in [0.717, 1.165) is 42.6 Å². The third kappa shape index (κ3) is 5.68. The highest BCUT2D eigenvalue weighted by molar-refractivity contribution is 5.94. The van der Waals surface area contributed by atoms with Crippen LogP contribution in [0.5, 0.6) is 0 Å². The highest BCUT2D eigenvalue weighted by Crippen LogP contribution is 2.27. The quantitative estimate of drug-likeness (QED) is 0.536. The zero-order valence-corrected chi connectivity index (χ0v) is 18.9. The number of nitrogens with zero attached hydrogens (tertiary/aromatic N) is 3. The van der Waals surface area contributed by atoms with E-state index in [0.29, 0.717) is 19.1 Å². The molecule has 2 amide bonds. The Morgan fingerprint density at radius 3 is 2.39 bits per heavy atom. The van der Waals surface area contributed by atoms with E-state index in [-0.39, 0.29) is 24.3 Å².